The average molecular weight is 166 g/mol. The second kappa shape index (κ2) is 2.32. The molecular formula is C10H14O2. The second-order valence-corrected chi connectivity index (χ2v) is 4.39. The van der Waals surface area contributed by atoms with Crippen LogP contribution in [0.4, 0.5) is 0 Å². The Morgan fingerprint density at radius 1 is 1.17 bits per heavy atom. The number of rotatable bonds is 2. The zero-order valence-electron chi connectivity index (χ0n) is 7.16. The Kier molecular flexibility index (Phi) is 1.37. The zero-order valence-corrected chi connectivity index (χ0v) is 7.16. The number of hydrogen-bond acceptors (Lipinski definition) is 2. The van der Waals surface area contributed by atoms with E-state index in [1.54, 1.807) is 0 Å². The lowest BCUT2D eigenvalue weighted by atomic mass is 9.84. The zero-order chi connectivity index (χ0) is 8.13. The Bertz CT molecular complexity index is 220. The third-order valence-corrected chi connectivity index (χ3v) is 3.45. The lowest BCUT2D eigenvalue weighted by Crippen LogP contribution is -2.26. The largest absolute Gasteiger partial charge is 0.374 e. The highest BCUT2D eigenvalue weighted by Crippen LogP contribution is 2.43. The molecule has 66 valence electrons. The quantitative estimate of drug-likeness (QED) is 0.622. The van der Waals surface area contributed by atoms with E-state index in [4.69, 9.17) is 4.74 Å². The molecule has 3 unspecified atom stereocenters. The molecule has 2 saturated heterocycles. The van der Waals surface area contributed by atoms with Gasteiger partial charge in [-0.25, -0.2) is 0 Å². The summed E-state index contributed by atoms with van der Waals surface area (Å²) >= 11 is 0. The third-order valence-electron chi connectivity index (χ3n) is 3.45. The van der Waals surface area contributed by atoms with Crippen molar-refractivity contribution in [1.29, 1.82) is 0 Å². The van der Waals surface area contributed by atoms with Crippen molar-refractivity contribution in [2.75, 3.05) is 0 Å². The molecule has 1 saturated carbocycles. The average Bonchev–Trinajstić information content (AvgIpc) is 2.73. The minimum absolute atomic E-state index is 0.288. The van der Waals surface area contributed by atoms with Gasteiger partial charge in [-0.2, -0.15) is 0 Å². The summed E-state index contributed by atoms with van der Waals surface area (Å²) in [5.41, 5.74) is 0. The van der Waals surface area contributed by atoms with E-state index < -0.39 is 0 Å². The van der Waals surface area contributed by atoms with E-state index in [2.05, 4.69) is 0 Å². The summed E-state index contributed by atoms with van der Waals surface area (Å²) in [5, 5.41) is 0. The van der Waals surface area contributed by atoms with Gasteiger partial charge in [-0.1, -0.05) is 0 Å². The van der Waals surface area contributed by atoms with Crippen molar-refractivity contribution >= 4 is 5.78 Å². The van der Waals surface area contributed by atoms with E-state index in [0.29, 0.717) is 23.9 Å². The number of fused-ring (bicyclic) bond motifs is 2. The van der Waals surface area contributed by atoms with Gasteiger partial charge in [0.05, 0.1) is 12.2 Å². The number of ether oxygens (including phenoxy) is 1. The smallest absolute Gasteiger partial charge is 0.141 e. The van der Waals surface area contributed by atoms with Crippen molar-refractivity contribution in [3.63, 3.8) is 0 Å². The lowest BCUT2D eigenvalue weighted by Gasteiger charge is -2.16. The van der Waals surface area contributed by atoms with Gasteiger partial charge in [0, 0.05) is 11.8 Å². The van der Waals surface area contributed by atoms with E-state index in [-0.39, 0.29) is 5.92 Å². The first-order chi connectivity index (χ1) is 5.84. The molecule has 3 rings (SSSR count). The fourth-order valence-corrected chi connectivity index (χ4v) is 2.61. The van der Waals surface area contributed by atoms with E-state index in [0.717, 1.165) is 25.7 Å². The van der Waals surface area contributed by atoms with Crippen LogP contribution in [0.5, 0.6) is 0 Å². The Balaban J connectivity index is 1.73. The van der Waals surface area contributed by atoms with E-state index in [9.17, 15) is 4.79 Å². The summed E-state index contributed by atoms with van der Waals surface area (Å²) in [7, 11) is 0. The van der Waals surface area contributed by atoms with Crippen molar-refractivity contribution in [1.82, 2.24) is 0 Å². The van der Waals surface area contributed by atoms with Gasteiger partial charge in [-0.3, -0.25) is 4.79 Å². The normalized spacial score (nSPS) is 45.2. The Labute approximate surface area is 72.3 Å². The van der Waals surface area contributed by atoms with Crippen LogP contribution in [-0.4, -0.2) is 18.0 Å². The minimum atomic E-state index is 0.288. The van der Waals surface area contributed by atoms with Crippen LogP contribution in [0, 0.1) is 11.8 Å². The topological polar surface area (TPSA) is 26.3 Å². The summed E-state index contributed by atoms with van der Waals surface area (Å²) in [5.74, 6) is 1.23. The summed E-state index contributed by atoms with van der Waals surface area (Å²) in [4.78, 5) is 11.7. The molecule has 0 aromatic carbocycles. The number of ketones is 1. The van der Waals surface area contributed by atoms with Gasteiger partial charge >= 0.3 is 0 Å². The lowest BCUT2D eigenvalue weighted by molar-refractivity contribution is -0.125. The molecule has 3 atom stereocenters. The van der Waals surface area contributed by atoms with Crippen LogP contribution in [0.15, 0.2) is 0 Å². The molecule has 0 N–H and O–H groups in total. The molecule has 0 spiro atoms. The van der Waals surface area contributed by atoms with E-state index in [1.807, 2.05) is 0 Å². The maximum Gasteiger partial charge on any atom is 0.141 e. The summed E-state index contributed by atoms with van der Waals surface area (Å²) in [6.45, 7) is 0. The van der Waals surface area contributed by atoms with Crippen molar-refractivity contribution in [2.24, 2.45) is 11.8 Å². The fraction of sp³-hybridized carbons (Fsp3) is 0.900. The molecular weight excluding hydrogens is 152 g/mol. The molecule has 12 heavy (non-hydrogen) atoms. The van der Waals surface area contributed by atoms with Crippen LogP contribution in [-0.2, 0) is 9.53 Å². The SMILES string of the molecule is O=C(C1CC1)C1CC2CCC1O2. The number of carbonyl (C=O) groups excluding carboxylic acids is 1. The molecule has 3 aliphatic rings. The molecule has 0 aromatic heterocycles. The maximum atomic E-state index is 11.7. The Hall–Kier alpha value is -0.370. The van der Waals surface area contributed by atoms with Crippen LogP contribution < -0.4 is 0 Å². The van der Waals surface area contributed by atoms with Crippen LogP contribution in [0.25, 0.3) is 0 Å². The van der Waals surface area contributed by atoms with Gasteiger partial charge in [0.25, 0.3) is 0 Å². The van der Waals surface area contributed by atoms with Crippen molar-refractivity contribution < 1.29 is 9.53 Å². The van der Waals surface area contributed by atoms with Gasteiger partial charge < -0.3 is 4.74 Å². The summed E-state index contributed by atoms with van der Waals surface area (Å²) in [6.07, 6.45) is 6.39. The molecule has 1 aliphatic carbocycles. The molecule has 0 amide bonds. The molecule has 0 aromatic rings. The first kappa shape index (κ1) is 7.07. The number of Topliss-reactive ketones (excluding diaryl/α,β-unsaturated/α-hetero) is 1. The molecule has 3 fully saturated rings. The summed E-state index contributed by atoms with van der Waals surface area (Å²) in [6, 6.07) is 0. The van der Waals surface area contributed by atoms with Crippen LogP contribution >= 0.6 is 0 Å². The van der Waals surface area contributed by atoms with Gasteiger partial charge in [-0.15, -0.1) is 0 Å². The van der Waals surface area contributed by atoms with E-state index in [1.165, 1.54) is 6.42 Å². The highest BCUT2D eigenvalue weighted by Gasteiger charge is 2.47. The van der Waals surface area contributed by atoms with Crippen molar-refractivity contribution in [3.8, 4) is 0 Å². The van der Waals surface area contributed by atoms with Crippen LogP contribution in [0.3, 0.4) is 0 Å². The molecule has 2 nitrogen and oxygen atoms in total. The molecule has 2 heteroatoms. The molecule has 0 radical (unpaired) electrons. The van der Waals surface area contributed by atoms with Crippen molar-refractivity contribution in [2.45, 2.75) is 44.3 Å². The monoisotopic (exact) mass is 166 g/mol. The number of hydrogen-bond donors (Lipinski definition) is 0. The predicted molar refractivity (Wildman–Crippen MR) is 43.7 cm³/mol. The summed E-state index contributed by atoms with van der Waals surface area (Å²) < 4.78 is 5.66. The molecule has 2 heterocycles. The fourth-order valence-electron chi connectivity index (χ4n) is 2.61. The standard InChI is InChI=1S/C10H14O2/c11-10(6-1-2-6)8-5-7-3-4-9(8)12-7/h6-9H,1-5H2. The number of carbonyl (C=O) groups is 1. The predicted octanol–water partition coefficient (Wildman–Crippen LogP) is 1.53. The van der Waals surface area contributed by atoms with E-state index >= 15 is 0 Å². The van der Waals surface area contributed by atoms with Crippen LogP contribution in [0.1, 0.15) is 32.1 Å². The first-order valence-electron chi connectivity index (χ1n) is 5.04. The Morgan fingerprint density at radius 3 is 2.50 bits per heavy atom. The third kappa shape index (κ3) is 0.939. The van der Waals surface area contributed by atoms with Gasteiger partial charge in [0.1, 0.15) is 5.78 Å². The minimum Gasteiger partial charge on any atom is -0.374 e. The maximum absolute atomic E-state index is 11.7. The highest BCUT2D eigenvalue weighted by atomic mass is 16.5. The van der Waals surface area contributed by atoms with Gasteiger partial charge in [0.2, 0.25) is 0 Å². The first-order valence-corrected chi connectivity index (χ1v) is 5.04. The second-order valence-electron chi connectivity index (χ2n) is 4.39. The molecule has 2 bridgehead atoms. The van der Waals surface area contributed by atoms with Gasteiger partial charge in [-0.05, 0) is 32.1 Å². The van der Waals surface area contributed by atoms with Crippen LogP contribution in [0.2, 0.25) is 0 Å². The molecule has 2 aliphatic heterocycles. The van der Waals surface area contributed by atoms with Crippen molar-refractivity contribution in [3.05, 3.63) is 0 Å². The Morgan fingerprint density at radius 2 is 2.00 bits per heavy atom. The van der Waals surface area contributed by atoms with Gasteiger partial charge in [0.15, 0.2) is 0 Å². The highest BCUT2D eigenvalue weighted by molar-refractivity contribution is 5.86.